The predicted molar refractivity (Wildman–Crippen MR) is 47.6 cm³/mol. The van der Waals surface area contributed by atoms with Crippen LogP contribution < -0.4 is 5.32 Å². The van der Waals surface area contributed by atoms with Gasteiger partial charge in [0.2, 0.25) is 0 Å². The first-order valence-corrected chi connectivity index (χ1v) is 4.21. The Bertz CT molecular complexity index is 193. The highest BCUT2D eigenvalue weighted by atomic mass is 35.5. The monoisotopic (exact) mass is 191 g/mol. The second kappa shape index (κ2) is 3.23. The number of carbonyl (C=O) groups is 1. The molecule has 1 heterocycles. The van der Waals surface area contributed by atoms with Crippen LogP contribution in [-0.4, -0.2) is 23.2 Å². The first-order chi connectivity index (χ1) is 5.23. The van der Waals surface area contributed by atoms with Crippen LogP contribution >= 0.6 is 12.4 Å². The SMILES string of the molecule is Cl.O=C(O)[C@@]12CCC[C@@H](CN1)C2. The quantitative estimate of drug-likeness (QED) is 0.651. The fourth-order valence-corrected chi connectivity index (χ4v) is 2.33. The van der Waals surface area contributed by atoms with Crippen molar-refractivity contribution in [3.05, 3.63) is 0 Å². The highest BCUT2D eigenvalue weighted by Crippen LogP contribution is 2.37. The number of hydrogen-bond donors (Lipinski definition) is 2. The number of carboxylic acid groups (broad SMARTS) is 1. The largest absolute Gasteiger partial charge is 0.480 e. The maximum Gasteiger partial charge on any atom is 0.323 e. The van der Waals surface area contributed by atoms with E-state index in [0.29, 0.717) is 5.92 Å². The van der Waals surface area contributed by atoms with Gasteiger partial charge in [-0.1, -0.05) is 6.42 Å². The zero-order chi connectivity index (χ0) is 7.90. The van der Waals surface area contributed by atoms with Crippen molar-refractivity contribution < 1.29 is 9.90 Å². The van der Waals surface area contributed by atoms with Gasteiger partial charge in [-0.15, -0.1) is 12.4 Å². The Morgan fingerprint density at radius 2 is 2.33 bits per heavy atom. The van der Waals surface area contributed by atoms with Crippen molar-refractivity contribution in [3.63, 3.8) is 0 Å². The standard InChI is InChI=1S/C8H13NO2.ClH/c10-7(11)8-3-1-2-6(4-8)5-9-8;/h6,9H,1-5H2,(H,10,11);1H/t6-,8+;/m1./s1. The molecule has 4 heteroatoms. The van der Waals surface area contributed by atoms with Crippen LogP contribution in [0.2, 0.25) is 0 Å². The van der Waals surface area contributed by atoms with E-state index in [-0.39, 0.29) is 12.4 Å². The fraction of sp³-hybridized carbons (Fsp3) is 0.875. The summed E-state index contributed by atoms with van der Waals surface area (Å²) in [6.07, 6.45) is 3.95. The zero-order valence-corrected chi connectivity index (χ0v) is 7.69. The van der Waals surface area contributed by atoms with Crippen molar-refractivity contribution in [3.8, 4) is 0 Å². The molecule has 2 bridgehead atoms. The third-order valence-corrected chi connectivity index (χ3v) is 2.99. The van der Waals surface area contributed by atoms with Crippen molar-refractivity contribution in [2.24, 2.45) is 5.92 Å². The van der Waals surface area contributed by atoms with Gasteiger partial charge >= 0.3 is 5.97 Å². The molecule has 0 aromatic heterocycles. The van der Waals surface area contributed by atoms with Crippen molar-refractivity contribution >= 4 is 18.4 Å². The normalized spacial score (nSPS) is 38.8. The van der Waals surface area contributed by atoms with Crippen LogP contribution in [0.25, 0.3) is 0 Å². The van der Waals surface area contributed by atoms with Gasteiger partial charge in [0.15, 0.2) is 0 Å². The van der Waals surface area contributed by atoms with E-state index in [0.717, 1.165) is 25.8 Å². The number of rotatable bonds is 1. The number of halogens is 1. The molecular formula is C8H14ClNO2. The Morgan fingerprint density at radius 3 is 2.92 bits per heavy atom. The van der Waals surface area contributed by atoms with Crippen molar-refractivity contribution in [1.82, 2.24) is 5.32 Å². The first-order valence-electron chi connectivity index (χ1n) is 4.21. The molecule has 1 saturated carbocycles. The Balaban J connectivity index is 0.000000720. The number of aliphatic carboxylic acids is 1. The van der Waals surface area contributed by atoms with Gasteiger partial charge < -0.3 is 10.4 Å². The molecule has 1 aliphatic carbocycles. The van der Waals surface area contributed by atoms with Crippen LogP contribution in [-0.2, 0) is 4.79 Å². The van der Waals surface area contributed by atoms with E-state index in [1.54, 1.807) is 0 Å². The van der Waals surface area contributed by atoms with E-state index in [1.807, 2.05) is 0 Å². The van der Waals surface area contributed by atoms with Crippen molar-refractivity contribution in [2.75, 3.05) is 6.54 Å². The molecule has 0 radical (unpaired) electrons. The van der Waals surface area contributed by atoms with Crippen molar-refractivity contribution in [1.29, 1.82) is 0 Å². The summed E-state index contributed by atoms with van der Waals surface area (Å²) < 4.78 is 0. The second-order valence-corrected chi connectivity index (χ2v) is 3.73. The molecule has 0 aromatic rings. The molecule has 70 valence electrons. The molecule has 1 aliphatic heterocycles. The lowest BCUT2D eigenvalue weighted by Crippen LogP contribution is -2.47. The van der Waals surface area contributed by atoms with Crippen LogP contribution in [0.3, 0.4) is 0 Å². The Labute approximate surface area is 77.9 Å². The molecular weight excluding hydrogens is 178 g/mol. The summed E-state index contributed by atoms with van der Waals surface area (Å²) in [6.45, 7) is 0.909. The number of fused-ring (bicyclic) bond motifs is 2. The Kier molecular flexibility index (Phi) is 2.64. The van der Waals surface area contributed by atoms with E-state index >= 15 is 0 Å². The summed E-state index contributed by atoms with van der Waals surface area (Å²) in [5.74, 6) is -0.0282. The molecule has 0 aromatic carbocycles. The summed E-state index contributed by atoms with van der Waals surface area (Å²) in [5, 5.41) is 12.1. The predicted octanol–water partition coefficient (Wildman–Crippen LogP) is 1.02. The summed E-state index contributed by atoms with van der Waals surface area (Å²) in [6, 6.07) is 0. The third-order valence-electron chi connectivity index (χ3n) is 2.99. The van der Waals surface area contributed by atoms with Gasteiger partial charge in [-0.25, -0.2) is 0 Å². The summed E-state index contributed by atoms with van der Waals surface area (Å²) in [4.78, 5) is 10.9. The third kappa shape index (κ3) is 1.31. The van der Waals surface area contributed by atoms with Gasteiger partial charge in [0, 0.05) is 0 Å². The summed E-state index contributed by atoms with van der Waals surface area (Å²) >= 11 is 0. The van der Waals surface area contributed by atoms with E-state index < -0.39 is 11.5 Å². The lowest BCUT2D eigenvalue weighted by molar-refractivity contribution is -0.145. The molecule has 2 rings (SSSR count). The van der Waals surface area contributed by atoms with E-state index in [2.05, 4.69) is 5.32 Å². The molecule has 2 N–H and O–H groups in total. The fourth-order valence-electron chi connectivity index (χ4n) is 2.33. The molecule has 3 nitrogen and oxygen atoms in total. The lowest BCUT2D eigenvalue weighted by Gasteiger charge is -2.27. The molecule has 1 saturated heterocycles. The maximum atomic E-state index is 10.9. The number of nitrogens with one attached hydrogen (secondary N) is 1. The molecule has 2 aliphatic rings. The van der Waals surface area contributed by atoms with Gasteiger partial charge in [-0.2, -0.15) is 0 Å². The highest BCUT2D eigenvalue weighted by molar-refractivity contribution is 5.85. The van der Waals surface area contributed by atoms with Crippen LogP contribution in [0.4, 0.5) is 0 Å². The first kappa shape index (κ1) is 9.81. The van der Waals surface area contributed by atoms with Crippen molar-refractivity contribution in [2.45, 2.75) is 31.2 Å². The van der Waals surface area contributed by atoms with Gasteiger partial charge in [-0.3, -0.25) is 4.79 Å². The molecule has 2 atom stereocenters. The topological polar surface area (TPSA) is 49.3 Å². The molecule has 2 fully saturated rings. The van der Waals surface area contributed by atoms with E-state index in [4.69, 9.17) is 5.11 Å². The van der Waals surface area contributed by atoms with Crippen LogP contribution in [0, 0.1) is 5.92 Å². The number of carboxylic acids is 1. The van der Waals surface area contributed by atoms with Gasteiger partial charge in [-0.05, 0) is 31.7 Å². The molecule has 12 heavy (non-hydrogen) atoms. The number of hydrogen-bond acceptors (Lipinski definition) is 2. The minimum absolute atomic E-state index is 0. The summed E-state index contributed by atoms with van der Waals surface area (Å²) in [5.41, 5.74) is -0.539. The average molecular weight is 192 g/mol. The van der Waals surface area contributed by atoms with E-state index in [1.165, 1.54) is 6.42 Å². The van der Waals surface area contributed by atoms with Crippen LogP contribution in [0.5, 0.6) is 0 Å². The van der Waals surface area contributed by atoms with Gasteiger partial charge in [0.25, 0.3) is 0 Å². The second-order valence-electron chi connectivity index (χ2n) is 3.73. The van der Waals surface area contributed by atoms with Crippen LogP contribution in [0.1, 0.15) is 25.7 Å². The minimum Gasteiger partial charge on any atom is -0.480 e. The summed E-state index contributed by atoms with van der Waals surface area (Å²) in [7, 11) is 0. The highest BCUT2D eigenvalue weighted by Gasteiger charge is 2.47. The molecule has 0 spiro atoms. The zero-order valence-electron chi connectivity index (χ0n) is 6.88. The Hall–Kier alpha value is -0.280. The minimum atomic E-state index is -0.653. The van der Waals surface area contributed by atoms with E-state index in [9.17, 15) is 4.79 Å². The maximum absolute atomic E-state index is 10.9. The lowest BCUT2D eigenvalue weighted by atomic mass is 9.80. The van der Waals surface area contributed by atoms with Crippen LogP contribution in [0.15, 0.2) is 0 Å². The Morgan fingerprint density at radius 1 is 1.58 bits per heavy atom. The van der Waals surface area contributed by atoms with Gasteiger partial charge in [0.05, 0.1) is 0 Å². The molecule has 0 unspecified atom stereocenters. The van der Waals surface area contributed by atoms with Gasteiger partial charge in [0.1, 0.15) is 5.54 Å². The average Bonchev–Trinajstić information content (AvgIpc) is 2.29. The smallest absolute Gasteiger partial charge is 0.323 e. The molecule has 0 amide bonds.